The molecule has 0 spiro atoms. The van der Waals surface area contributed by atoms with Gasteiger partial charge in [0.25, 0.3) is 0 Å². The highest BCUT2D eigenvalue weighted by molar-refractivity contribution is 8.00. The van der Waals surface area contributed by atoms with Gasteiger partial charge in [0, 0.05) is 25.8 Å². The molecule has 0 aromatic carbocycles. The maximum atomic E-state index is 12.0. The first-order valence-corrected chi connectivity index (χ1v) is 8.01. The molecule has 0 bridgehead atoms. The number of nitrogens with one attached hydrogen (secondary N) is 1. The van der Waals surface area contributed by atoms with Crippen molar-refractivity contribution in [1.82, 2.24) is 10.2 Å². The van der Waals surface area contributed by atoms with Crippen molar-refractivity contribution in [3.05, 3.63) is 0 Å². The first kappa shape index (κ1) is 16.8. The van der Waals surface area contributed by atoms with E-state index in [0.717, 1.165) is 25.9 Å². The lowest BCUT2D eigenvalue weighted by atomic mass is 10.2. The molecule has 0 radical (unpaired) electrons. The van der Waals surface area contributed by atoms with Crippen molar-refractivity contribution in [1.29, 1.82) is 0 Å². The lowest BCUT2D eigenvalue weighted by Gasteiger charge is -2.20. The van der Waals surface area contributed by atoms with Gasteiger partial charge >= 0.3 is 5.97 Å². The summed E-state index contributed by atoms with van der Waals surface area (Å²) in [5, 5.41) is 11.3. The molecule has 1 heterocycles. The number of carbonyl (C=O) groups excluding carboxylic acids is 2. The Kier molecular flexibility index (Phi) is 7.43. The summed E-state index contributed by atoms with van der Waals surface area (Å²) in [7, 11) is 0. The first-order chi connectivity index (χ1) is 9.50. The van der Waals surface area contributed by atoms with Crippen LogP contribution in [0.5, 0.6) is 0 Å². The zero-order chi connectivity index (χ0) is 15.0. The van der Waals surface area contributed by atoms with Crippen molar-refractivity contribution in [2.75, 3.05) is 24.6 Å². The number of carbonyl (C=O) groups is 3. The van der Waals surface area contributed by atoms with Gasteiger partial charge in [-0.3, -0.25) is 9.59 Å². The minimum absolute atomic E-state index is 0.0591. The van der Waals surface area contributed by atoms with Gasteiger partial charge in [-0.1, -0.05) is 12.8 Å². The number of carboxylic acids is 1. The third-order valence-electron chi connectivity index (χ3n) is 3.14. The largest absolute Gasteiger partial charge is 0.480 e. The van der Waals surface area contributed by atoms with E-state index < -0.39 is 12.0 Å². The normalized spacial score (nSPS) is 17.1. The summed E-state index contributed by atoms with van der Waals surface area (Å²) in [5.74, 6) is -0.923. The second kappa shape index (κ2) is 8.84. The Balaban J connectivity index is 2.32. The molecule has 6 nitrogen and oxygen atoms in total. The number of hydrogen-bond acceptors (Lipinski definition) is 4. The quantitative estimate of drug-likeness (QED) is 0.754. The Bertz CT molecular complexity index is 354. The molecule has 114 valence electrons. The average Bonchev–Trinajstić information content (AvgIpc) is 2.65. The minimum atomic E-state index is -1.07. The Morgan fingerprint density at radius 1 is 1.20 bits per heavy atom. The molecule has 0 saturated carbocycles. The van der Waals surface area contributed by atoms with Gasteiger partial charge in [0.05, 0.1) is 5.75 Å². The van der Waals surface area contributed by atoms with Crippen LogP contribution in [-0.2, 0) is 14.4 Å². The topological polar surface area (TPSA) is 86.7 Å². The molecular weight excluding hydrogens is 280 g/mol. The number of nitrogens with zero attached hydrogens (tertiary/aromatic N) is 1. The average molecular weight is 302 g/mol. The van der Waals surface area contributed by atoms with Gasteiger partial charge in [-0.2, -0.15) is 0 Å². The summed E-state index contributed by atoms with van der Waals surface area (Å²) in [4.78, 5) is 35.7. The summed E-state index contributed by atoms with van der Waals surface area (Å²) in [6, 6.07) is -0.936. The maximum absolute atomic E-state index is 12.0. The third kappa shape index (κ3) is 6.27. The van der Waals surface area contributed by atoms with Crippen LogP contribution < -0.4 is 5.32 Å². The van der Waals surface area contributed by atoms with Crippen molar-refractivity contribution in [3.8, 4) is 0 Å². The summed E-state index contributed by atoms with van der Waals surface area (Å²) in [5.41, 5.74) is 0. The van der Waals surface area contributed by atoms with Gasteiger partial charge in [0.15, 0.2) is 0 Å². The SMILES string of the molecule is CC(=O)NC(CSCC(=O)N1CCCCCC1)C(=O)O. The van der Waals surface area contributed by atoms with Crippen molar-refractivity contribution in [2.24, 2.45) is 0 Å². The summed E-state index contributed by atoms with van der Waals surface area (Å²) >= 11 is 1.25. The molecule has 2 N–H and O–H groups in total. The number of thioether (sulfide) groups is 1. The Labute approximate surface area is 123 Å². The molecule has 20 heavy (non-hydrogen) atoms. The van der Waals surface area contributed by atoms with E-state index >= 15 is 0 Å². The molecule has 1 saturated heterocycles. The summed E-state index contributed by atoms with van der Waals surface area (Å²) in [6.07, 6.45) is 4.42. The molecule has 1 aliphatic rings. The predicted molar refractivity (Wildman–Crippen MR) is 77.6 cm³/mol. The Morgan fingerprint density at radius 2 is 1.80 bits per heavy atom. The van der Waals surface area contributed by atoms with Crippen LogP contribution in [-0.4, -0.2) is 58.4 Å². The van der Waals surface area contributed by atoms with Gasteiger partial charge in [0.2, 0.25) is 11.8 Å². The molecule has 2 amide bonds. The molecule has 0 aromatic heterocycles. The fourth-order valence-corrected chi connectivity index (χ4v) is 3.03. The van der Waals surface area contributed by atoms with E-state index in [1.165, 1.54) is 31.5 Å². The molecular formula is C13H22N2O4S. The summed E-state index contributed by atoms with van der Waals surface area (Å²) < 4.78 is 0. The van der Waals surface area contributed by atoms with Crippen molar-refractivity contribution in [2.45, 2.75) is 38.6 Å². The molecule has 1 aliphatic heterocycles. The Hall–Kier alpha value is -1.24. The van der Waals surface area contributed by atoms with E-state index in [-0.39, 0.29) is 23.3 Å². The lowest BCUT2D eigenvalue weighted by molar-refractivity contribution is -0.140. The molecule has 7 heteroatoms. The van der Waals surface area contributed by atoms with Crippen molar-refractivity contribution >= 4 is 29.5 Å². The van der Waals surface area contributed by atoms with Gasteiger partial charge in [-0.05, 0) is 12.8 Å². The minimum Gasteiger partial charge on any atom is -0.480 e. The van der Waals surface area contributed by atoms with E-state index in [0.29, 0.717) is 0 Å². The number of aliphatic carboxylic acids is 1. The summed E-state index contributed by atoms with van der Waals surface area (Å²) in [6.45, 7) is 2.88. The van der Waals surface area contributed by atoms with Gasteiger partial charge < -0.3 is 15.3 Å². The van der Waals surface area contributed by atoms with Crippen LogP contribution in [0.3, 0.4) is 0 Å². The highest BCUT2D eigenvalue weighted by Gasteiger charge is 2.20. The van der Waals surface area contributed by atoms with E-state index in [9.17, 15) is 14.4 Å². The second-order valence-electron chi connectivity index (χ2n) is 4.90. The van der Waals surface area contributed by atoms with E-state index in [1.54, 1.807) is 0 Å². The van der Waals surface area contributed by atoms with Crippen LogP contribution in [0.25, 0.3) is 0 Å². The zero-order valence-corrected chi connectivity index (χ0v) is 12.6. The predicted octanol–water partition coefficient (Wildman–Crippen LogP) is 0.711. The van der Waals surface area contributed by atoms with Crippen LogP contribution in [0.15, 0.2) is 0 Å². The van der Waals surface area contributed by atoms with Crippen molar-refractivity contribution < 1.29 is 19.5 Å². The van der Waals surface area contributed by atoms with E-state index in [2.05, 4.69) is 5.32 Å². The monoisotopic (exact) mass is 302 g/mol. The standard InChI is InChI=1S/C13H22N2O4S/c1-10(16)14-11(13(18)19)8-20-9-12(17)15-6-4-2-3-5-7-15/h11H,2-9H2,1H3,(H,14,16)(H,18,19). The Morgan fingerprint density at radius 3 is 2.30 bits per heavy atom. The van der Waals surface area contributed by atoms with Crippen LogP contribution in [0, 0.1) is 0 Å². The smallest absolute Gasteiger partial charge is 0.327 e. The highest BCUT2D eigenvalue weighted by atomic mass is 32.2. The van der Waals surface area contributed by atoms with Crippen LogP contribution in [0.4, 0.5) is 0 Å². The number of hydrogen-bond donors (Lipinski definition) is 2. The van der Waals surface area contributed by atoms with Crippen LogP contribution >= 0.6 is 11.8 Å². The van der Waals surface area contributed by atoms with E-state index in [1.807, 2.05) is 4.90 Å². The molecule has 1 unspecified atom stereocenters. The number of likely N-dealkylation sites (tertiary alicyclic amines) is 1. The highest BCUT2D eigenvalue weighted by Crippen LogP contribution is 2.12. The van der Waals surface area contributed by atoms with E-state index in [4.69, 9.17) is 5.11 Å². The van der Waals surface area contributed by atoms with Crippen molar-refractivity contribution in [3.63, 3.8) is 0 Å². The molecule has 1 rings (SSSR count). The zero-order valence-electron chi connectivity index (χ0n) is 11.8. The maximum Gasteiger partial charge on any atom is 0.327 e. The fourth-order valence-electron chi connectivity index (χ4n) is 2.10. The molecule has 1 fully saturated rings. The second-order valence-corrected chi connectivity index (χ2v) is 5.93. The number of amides is 2. The molecule has 1 atom stereocenters. The molecule has 0 aromatic rings. The third-order valence-corrected chi connectivity index (χ3v) is 4.16. The number of carboxylic acid groups (broad SMARTS) is 1. The van der Waals surface area contributed by atoms with Gasteiger partial charge in [-0.25, -0.2) is 4.79 Å². The van der Waals surface area contributed by atoms with Crippen LogP contribution in [0.2, 0.25) is 0 Å². The first-order valence-electron chi connectivity index (χ1n) is 6.86. The van der Waals surface area contributed by atoms with Crippen LogP contribution in [0.1, 0.15) is 32.6 Å². The number of rotatable bonds is 6. The van der Waals surface area contributed by atoms with Gasteiger partial charge in [-0.15, -0.1) is 11.8 Å². The molecule has 0 aliphatic carbocycles. The fraction of sp³-hybridized carbons (Fsp3) is 0.769. The van der Waals surface area contributed by atoms with Gasteiger partial charge in [0.1, 0.15) is 6.04 Å². The lowest BCUT2D eigenvalue weighted by Crippen LogP contribution is -2.42.